The molecule has 0 spiro atoms. The van der Waals surface area contributed by atoms with E-state index in [1.807, 2.05) is 36.4 Å². The van der Waals surface area contributed by atoms with Crippen molar-refractivity contribution in [2.75, 3.05) is 6.54 Å². The number of rotatable bonds is 8. The van der Waals surface area contributed by atoms with Crippen LogP contribution in [0.4, 0.5) is 0 Å². The fraction of sp³-hybridized carbons (Fsp3) is 0.200. The lowest BCUT2D eigenvalue weighted by Gasteiger charge is -2.20. The molecule has 0 aliphatic carbocycles. The molecule has 0 bridgehead atoms. The molecule has 0 unspecified atom stereocenters. The lowest BCUT2D eigenvalue weighted by Crippen LogP contribution is -2.45. The van der Waals surface area contributed by atoms with E-state index in [1.54, 1.807) is 31.2 Å². The molecule has 3 aromatic rings. The maximum atomic E-state index is 12.5. The predicted molar refractivity (Wildman–Crippen MR) is 121 cm³/mol. The third-order valence-electron chi connectivity index (χ3n) is 5.00. The molecule has 30 heavy (non-hydrogen) atoms. The summed E-state index contributed by atoms with van der Waals surface area (Å²) >= 11 is 6.06. The average Bonchev–Trinajstić information content (AvgIpc) is 2.78. The van der Waals surface area contributed by atoms with E-state index in [2.05, 4.69) is 34.9 Å². The molecular weight excluding hydrogens is 396 g/mol. The summed E-state index contributed by atoms with van der Waals surface area (Å²) in [5, 5.41) is 6.00. The van der Waals surface area contributed by atoms with Gasteiger partial charge in [0.2, 0.25) is 5.91 Å². The summed E-state index contributed by atoms with van der Waals surface area (Å²) in [6.07, 6.45) is 0.755. The second-order valence-electron chi connectivity index (χ2n) is 7.13. The van der Waals surface area contributed by atoms with Crippen LogP contribution in [0.15, 0.2) is 84.9 Å². The molecule has 0 fully saturated rings. The van der Waals surface area contributed by atoms with E-state index in [4.69, 9.17) is 11.6 Å². The smallest absolute Gasteiger partial charge is 0.253 e. The van der Waals surface area contributed by atoms with Gasteiger partial charge >= 0.3 is 0 Å². The lowest BCUT2D eigenvalue weighted by atomic mass is 9.88. The fourth-order valence-corrected chi connectivity index (χ4v) is 3.60. The van der Waals surface area contributed by atoms with Gasteiger partial charge in [-0.1, -0.05) is 84.4 Å². The van der Waals surface area contributed by atoms with Crippen LogP contribution in [0.5, 0.6) is 0 Å². The standard InChI is InChI=1S/C25H25ClN2O2/c1-18(28-25(30)22-14-8-9-15-23(22)26)24(29)27-17-16-21(19-10-4-2-5-11-19)20-12-6-3-7-13-20/h2-15,18,21H,16-17H2,1H3,(H,27,29)(H,28,30)/t18-/m1/s1. The number of amides is 2. The van der Waals surface area contributed by atoms with Crippen LogP contribution in [0.2, 0.25) is 5.02 Å². The molecule has 3 aromatic carbocycles. The fourth-order valence-electron chi connectivity index (χ4n) is 3.37. The van der Waals surface area contributed by atoms with E-state index in [9.17, 15) is 9.59 Å². The van der Waals surface area contributed by atoms with Crippen molar-refractivity contribution in [3.05, 3.63) is 107 Å². The SMILES string of the molecule is C[C@@H](NC(=O)c1ccccc1Cl)C(=O)NCCC(c1ccccc1)c1ccccc1. The average molecular weight is 421 g/mol. The molecule has 3 rings (SSSR count). The van der Waals surface area contributed by atoms with Gasteiger partial charge in [0, 0.05) is 12.5 Å². The zero-order chi connectivity index (χ0) is 21.3. The molecule has 0 aliphatic rings. The van der Waals surface area contributed by atoms with Crippen molar-refractivity contribution in [2.24, 2.45) is 0 Å². The molecule has 0 saturated heterocycles. The number of nitrogens with one attached hydrogen (secondary N) is 2. The molecular formula is C25H25ClN2O2. The van der Waals surface area contributed by atoms with E-state index in [0.29, 0.717) is 17.1 Å². The number of benzene rings is 3. The Hall–Kier alpha value is -3.11. The molecule has 2 N–H and O–H groups in total. The van der Waals surface area contributed by atoms with Crippen LogP contribution in [0.3, 0.4) is 0 Å². The van der Waals surface area contributed by atoms with Crippen molar-refractivity contribution >= 4 is 23.4 Å². The van der Waals surface area contributed by atoms with Crippen LogP contribution in [0, 0.1) is 0 Å². The molecule has 0 aromatic heterocycles. The largest absolute Gasteiger partial charge is 0.354 e. The van der Waals surface area contributed by atoms with Crippen LogP contribution < -0.4 is 10.6 Å². The molecule has 2 amide bonds. The predicted octanol–water partition coefficient (Wildman–Crippen LogP) is 4.80. The van der Waals surface area contributed by atoms with E-state index < -0.39 is 6.04 Å². The molecule has 4 nitrogen and oxygen atoms in total. The van der Waals surface area contributed by atoms with Gasteiger partial charge in [0.25, 0.3) is 5.91 Å². The van der Waals surface area contributed by atoms with E-state index in [1.165, 1.54) is 11.1 Å². The van der Waals surface area contributed by atoms with Crippen molar-refractivity contribution in [2.45, 2.75) is 25.3 Å². The monoisotopic (exact) mass is 420 g/mol. The normalized spacial score (nSPS) is 11.7. The Kier molecular flexibility index (Phi) is 7.63. The highest BCUT2D eigenvalue weighted by atomic mass is 35.5. The van der Waals surface area contributed by atoms with Gasteiger partial charge in [0.15, 0.2) is 0 Å². The van der Waals surface area contributed by atoms with E-state index in [-0.39, 0.29) is 17.7 Å². The Morgan fingerprint density at radius 2 is 1.37 bits per heavy atom. The minimum atomic E-state index is -0.666. The maximum absolute atomic E-state index is 12.5. The van der Waals surface area contributed by atoms with Gasteiger partial charge in [-0.2, -0.15) is 0 Å². The summed E-state index contributed by atoms with van der Waals surface area (Å²) in [6.45, 7) is 2.16. The second-order valence-corrected chi connectivity index (χ2v) is 7.54. The molecule has 1 atom stereocenters. The summed E-state index contributed by atoms with van der Waals surface area (Å²) in [6, 6.07) is 26.6. The van der Waals surface area contributed by atoms with Gasteiger partial charge in [-0.05, 0) is 36.6 Å². The maximum Gasteiger partial charge on any atom is 0.253 e. The molecule has 0 saturated carbocycles. The Balaban J connectivity index is 1.57. The quantitative estimate of drug-likeness (QED) is 0.550. The highest BCUT2D eigenvalue weighted by Crippen LogP contribution is 2.27. The number of carbonyl (C=O) groups is 2. The van der Waals surface area contributed by atoms with Crippen molar-refractivity contribution in [1.29, 1.82) is 0 Å². The van der Waals surface area contributed by atoms with E-state index >= 15 is 0 Å². The Bertz CT molecular complexity index is 937. The first-order chi connectivity index (χ1) is 14.6. The molecule has 154 valence electrons. The summed E-state index contributed by atoms with van der Waals surface area (Å²) in [7, 11) is 0. The number of hydrogen-bond acceptors (Lipinski definition) is 2. The van der Waals surface area contributed by atoms with Gasteiger partial charge in [0.1, 0.15) is 6.04 Å². The Morgan fingerprint density at radius 3 is 1.93 bits per heavy atom. The summed E-state index contributed by atoms with van der Waals surface area (Å²) in [5.74, 6) is -0.411. The first kappa shape index (κ1) is 21.6. The lowest BCUT2D eigenvalue weighted by molar-refractivity contribution is -0.122. The Labute approximate surface area is 182 Å². The van der Waals surface area contributed by atoms with Gasteiger partial charge in [0.05, 0.1) is 10.6 Å². The second kappa shape index (κ2) is 10.6. The van der Waals surface area contributed by atoms with Gasteiger partial charge in [-0.25, -0.2) is 0 Å². The van der Waals surface area contributed by atoms with Crippen LogP contribution >= 0.6 is 11.6 Å². The minimum Gasteiger partial charge on any atom is -0.354 e. The zero-order valence-electron chi connectivity index (χ0n) is 16.8. The molecule has 5 heteroatoms. The summed E-state index contributed by atoms with van der Waals surface area (Å²) < 4.78 is 0. The van der Waals surface area contributed by atoms with Crippen LogP contribution in [0.25, 0.3) is 0 Å². The first-order valence-electron chi connectivity index (χ1n) is 9.99. The highest BCUT2D eigenvalue weighted by molar-refractivity contribution is 6.33. The molecule has 0 heterocycles. The topological polar surface area (TPSA) is 58.2 Å². The Morgan fingerprint density at radius 1 is 0.833 bits per heavy atom. The molecule has 0 radical (unpaired) electrons. The molecule has 0 aliphatic heterocycles. The van der Waals surface area contributed by atoms with Crippen molar-refractivity contribution in [3.63, 3.8) is 0 Å². The van der Waals surface area contributed by atoms with Crippen LogP contribution in [-0.4, -0.2) is 24.4 Å². The third-order valence-corrected chi connectivity index (χ3v) is 5.33. The van der Waals surface area contributed by atoms with E-state index in [0.717, 1.165) is 6.42 Å². The van der Waals surface area contributed by atoms with Gasteiger partial charge in [-0.3, -0.25) is 9.59 Å². The summed E-state index contributed by atoms with van der Waals surface area (Å²) in [4.78, 5) is 24.8. The van der Waals surface area contributed by atoms with Gasteiger partial charge in [-0.15, -0.1) is 0 Å². The van der Waals surface area contributed by atoms with Crippen molar-refractivity contribution in [3.8, 4) is 0 Å². The zero-order valence-corrected chi connectivity index (χ0v) is 17.6. The van der Waals surface area contributed by atoms with Crippen LogP contribution in [0.1, 0.15) is 40.7 Å². The number of hydrogen-bond donors (Lipinski definition) is 2. The van der Waals surface area contributed by atoms with Crippen molar-refractivity contribution in [1.82, 2.24) is 10.6 Å². The van der Waals surface area contributed by atoms with Crippen LogP contribution in [-0.2, 0) is 4.79 Å². The first-order valence-corrected chi connectivity index (χ1v) is 10.4. The number of carbonyl (C=O) groups excluding carboxylic acids is 2. The summed E-state index contributed by atoms with van der Waals surface area (Å²) in [5.41, 5.74) is 2.77. The van der Waals surface area contributed by atoms with Gasteiger partial charge < -0.3 is 10.6 Å². The van der Waals surface area contributed by atoms with Crippen molar-refractivity contribution < 1.29 is 9.59 Å². The minimum absolute atomic E-state index is 0.181. The number of halogens is 1. The third kappa shape index (κ3) is 5.71. The highest BCUT2D eigenvalue weighted by Gasteiger charge is 2.19.